The molecular weight excluding hydrogens is 407 g/mol. The molecular formula is C22H26ClN2O3P. The highest BCUT2D eigenvalue weighted by Crippen LogP contribution is 2.58. The van der Waals surface area contributed by atoms with Crippen LogP contribution < -0.4 is 0 Å². The number of hydrogen-bond donors (Lipinski definition) is 0. The van der Waals surface area contributed by atoms with Gasteiger partial charge in [0.25, 0.3) is 0 Å². The first kappa shape index (κ1) is 20.6. The molecule has 1 aliphatic heterocycles. The van der Waals surface area contributed by atoms with Gasteiger partial charge in [0.2, 0.25) is 0 Å². The van der Waals surface area contributed by atoms with Crippen LogP contribution >= 0.6 is 19.3 Å². The van der Waals surface area contributed by atoms with Crippen LogP contribution in [0.25, 0.3) is 10.9 Å². The average molecular weight is 433 g/mol. The molecule has 1 saturated heterocycles. The van der Waals surface area contributed by atoms with Gasteiger partial charge < -0.3 is 4.90 Å². The molecule has 0 saturated carbocycles. The van der Waals surface area contributed by atoms with E-state index in [1.165, 1.54) is 5.56 Å². The van der Waals surface area contributed by atoms with Gasteiger partial charge in [-0.25, -0.2) is 4.57 Å². The second kappa shape index (κ2) is 8.25. The summed E-state index contributed by atoms with van der Waals surface area (Å²) in [7, 11) is 0.572. The smallest absolute Gasteiger partial charge is 0.309 e. The molecule has 0 radical (unpaired) electrons. The topological polar surface area (TPSA) is 43.7 Å². The van der Waals surface area contributed by atoms with Crippen molar-refractivity contribution in [1.82, 2.24) is 9.24 Å². The maximum absolute atomic E-state index is 13.8. The first-order valence-electron chi connectivity index (χ1n) is 9.80. The Hall–Kier alpha value is -1.62. The van der Waals surface area contributed by atoms with E-state index in [1.54, 1.807) is 4.34 Å². The first-order valence-corrected chi connectivity index (χ1v) is 11.7. The van der Waals surface area contributed by atoms with Crippen molar-refractivity contribution in [2.24, 2.45) is 0 Å². The Kier molecular flexibility index (Phi) is 5.87. The fourth-order valence-electron chi connectivity index (χ4n) is 3.71. The fraction of sp³-hybridized carbons (Fsp3) is 0.364. The number of halogens is 1. The molecule has 0 bridgehead atoms. The van der Waals surface area contributed by atoms with Gasteiger partial charge >= 0.3 is 7.75 Å². The maximum atomic E-state index is 13.8. The fourth-order valence-corrected chi connectivity index (χ4v) is 5.80. The molecule has 5 nitrogen and oxygen atoms in total. The third-order valence-corrected chi connectivity index (χ3v) is 7.35. The molecule has 1 aliphatic rings. The molecule has 2 heterocycles. The van der Waals surface area contributed by atoms with Crippen LogP contribution in [0.15, 0.2) is 48.7 Å². The Balaban J connectivity index is 1.73. The summed E-state index contributed by atoms with van der Waals surface area (Å²) in [5, 5.41) is 1.74. The van der Waals surface area contributed by atoms with Crippen LogP contribution in [0, 0.1) is 6.92 Å². The van der Waals surface area contributed by atoms with Crippen molar-refractivity contribution < 1.29 is 13.6 Å². The third kappa shape index (κ3) is 4.30. The van der Waals surface area contributed by atoms with Gasteiger partial charge in [0.05, 0.1) is 18.2 Å². The summed E-state index contributed by atoms with van der Waals surface area (Å²) in [6, 6.07) is 13.7. The molecule has 29 heavy (non-hydrogen) atoms. The predicted molar refractivity (Wildman–Crippen MR) is 118 cm³/mol. The molecule has 0 spiro atoms. The van der Waals surface area contributed by atoms with E-state index in [0.717, 1.165) is 35.0 Å². The predicted octanol–water partition coefficient (Wildman–Crippen LogP) is 5.84. The number of fused-ring (bicyclic) bond motifs is 1. The van der Waals surface area contributed by atoms with Crippen LogP contribution in [0.4, 0.5) is 0 Å². The van der Waals surface area contributed by atoms with Gasteiger partial charge in [-0.05, 0) is 62.8 Å². The van der Waals surface area contributed by atoms with Crippen molar-refractivity contribution in [2.45, 2.75) is 25.9 Å². The number of likely N-dealkylation sites (N-methyl/N-ethyl adjacent to an activating group) is 1. The number of aryl methyl sites for hydroxylation is 1. The molecule has 1 fully saturated rings. The molecule has 0 aliphatic carbocycles. The Labute approximate surface area is 176 Å². The first-order chi connectivity index (χ1) is 13.9. The van der Waals surface area contributed by atoms with Crippen molar-refractivity contribution in [2.75, 3.05) is 27.2 Å². The highest BCUT2D eigenvalue weighted by molar-refractivity contribution is 7.52. The minimum atomic E-state index is -3.53. The highest BCUT2D eigenvalue weighted by atomic mass is 35.5. The zero-order chi connectivity index (χ0) is 20.6. The number of hydrogen-bond acceptors (Lipinski definition) is 4. The molecule has 154 valence electrons. The molecule has 0 amide bonds. The summed E-state index contributed by atoms with van der Waals surface area (Å²) in [6.07, 6.45) is 3.11. The number of aromatic nitrogens is 1. The van der Waals surface area contributed by atoms with E-state index in [0.29, 0.717) is 18.1 Å². The Morgan fingerprint density at radius 1 is 1.24 bits per heavy atom. The largest absolute Gasteiger partial charge is 0.439 e. The monoisotopic (exact) mass is 432 g/mol. The molecule has 1 aromatic heterocycles. The lowest BCUT2D eigenvalue weighted by Crippen LogP contribution is -2.17. The zero-order valence-corrected chi connectivity index (χ0v) is 18.6. The molecule has 2 aromatic carbocycles. The molecule has 2 unspecified atom stereocenters. The van der Waals surface area contributed by atoms with Crippen LogP contribution in [0.2, 0.25) is 5.02 Å². The van der Waals surface area contributed by atoms with E-state index in [-0.39, 0.29) is 6.10 Å². The normalized spacial score (nSPS) is 22.4. The van der Waals surface area contributed by atoms with E-state index >= 15 is 0 Å². The summed E-state index contributed by atoms with van der Waals surface area (Å²) in [6.45, 7) is 3.34. The van der Waals surface area contributed by atoms with Crippen LogP contribution in [0.1, 0.15) is 29.2 Å². The number of benzene rings is 2. The molecule has 2 atom stereocenters. The van der Waals surface area contributed by atoms with Crippen LogP contribution in [-0.4, -0.2) is 36.5 Å². The summed E-state index contributed by atoms with van der Waals surface area (Å²) < 4.78 is 27.4. The molecule has 3 aromatic rings. The van der Waals surface area contributed by atoms with E-state index in [4.69, 9.17) is 20.6 Å². The molecule has 4 rings (SSSR count). The van der Waals surface area contributed by atoms with E-state index < -0.39 is 7.75 Å². The Morgan fingerprint density at radius 3 is 2.83 bits per heavy atom. The molecule has 0 N–H and O–H groups in total. The van der Waals surface area contributed by atoms with Crippen molar-refractivity contribution in [3.8, 4) is 0 Å². The van der Waals surface area contributed by atoms with Crippen LogP contribution in [0.3, 0.4) is 0 Å². The van der Waals surface area contributed by atoms with E-state index in [2.05, 4.69) is 32.0 Å². The second-order valence-electron chi connectivity index (χ2n) is 7.81. The van der Waals surface area contributed by atoms with E-state index in [9.17, 15) is 4.57 Å². The van der Waals surface area contributed by atoms with Crippen LogP contribution in [-0.2, 0) is 20.0 Å². The summed E-state index contributed by atoms with van der Waals surface area (Å²) in [4.78, 5) is 2.14. The van der Waals surface area contributed by atoms with Gasteiger partial charge in [-0.2, -0.15) is 0 Å². The van der Waals surface area contributed by atoms with Gasteiger partial charge in [0.1, 0.15) is 0 Å². The lowest BCUT2D eigenvalue weighted by molar-refractivity contribution is 0.0771. The SMILES string of the molecule is Cc1ccc2c(c1)c(CCN(C)C)cn2P1(=O)OCCC(c2cccc(Cl)c2)O1. The minimum absolute atomic E-state index is 0.318. The van der Waals surface area contributed by atoms with E-state index in [1.807, 2.05) is 42.6 Å². The quantitative estimate of drug-likeness (QED) is 0.475. The summed E-state index contributed by atoms with van der Waals surface area (Å²) in [5.74, 6) is 0. The highest BCUT2D eigenvalue weighted by Gasteiger charge is 2.37. The van der Waals surface area contributed by atoms with Crippen molar-refractivity contribution in [3.05, 3.63) is 70.4 Å². The summed E-state index contributed by atoms with van der Waals surface area (Å²) in [5.41, 5.74) is 4.10. The van der Waals surface area contributed by atoms with Crippen molar-refractivity contribution in [3.63, 3.8) is 0 Å². The molecule has 7 heteroatoms. The van der Waals surface area contributed by atoms with Crippen LogP contribution in [0.5, 0.6) is 0 Å². The number of rotatable bonds is 5. The lowest BCUT2D eigenvalue weighted by Gasteiger charge is -2.30. The maximum Gasteiger partial charge on any atom is 0.439 e. The zero-order valence-electron chi connectivity index (χ0n) is 17.0. The van der Waals surface area contributed by atoms with Gasteiger partial charge in [-0.3, -0.25) is 13.4 Å². The van der Waals surface area contributed by atoms with Gasteiger partial charge in [0.15, 0.2) is 0 Å². The minimum Gasteiger partial charge on any atom is -0.309 e. The standard InChI is InChI=1S/C22H26ClN2O3P/c1-16-7-8-21-20(13-16)18(9-11-24(2)3)15-25(21)29(26)27-12-10-22(28-29)17-5-4-6-19(23)14-17/h4-8,13-15,22H,9-12H2,1-3H3. The third-order valence-electron chi connectivity index (χ3n) is 5.23. The van der Waals surface area contributed by atoms with Gasteiger partial charge in [-0.15, -0.1) is 0 Å². The number of nitrogens with zero attached hydrogens (tertiary/aromatic N) is 2. The van der Waals surface area contributed by atoms with Crippen molar-refractivity contribution >= 4 is 30.3 Å². The lowest BCUT2D eigenvalue weighted by atomic mass is 10.1. The van der Waals surface area contributed by atoms with Gasteiger partial charge in [-0.1, -0.05) is 35.4 Å². The average Bonchev–Trinajstić information content (AvgIpc) is 3.05. The Morgan fingerprint density at radius 2 is 2.07 bits per heavy atom. The Bertz CT molecular complexity index is 1080. The van der Waals surface area contributed by atoms with Gasteiger partial charge in [0, 0.05) is 29.6 Å². The van der Waals surface area contributed by atoms with Crippen molar-refractivity contribution in [1.29, 1.82) is 0 Å². The second-order valence-corrected chi connectivity index (χ2v) is 10.1. The summed E-state index contributed by atoms with van der Waals surface area (Å²) >= 11 is 6.14.